The minimum atomic E-state index is -4.02. The van der Waals surface area contributed by atoms with Gasteiger partial charge in [-0.05, 0) is 56.4 Å². The standard InChI is InChI=1S/C18H20N6O4S2/c1-10(2)19-18(29)23-22-16(25)12-5-3-4-6-13(12)24-30(27,28)11-7-8-14-15(9-11)21-17(26)20-14/h3-10,24H,1-2H3,(H,22,25)(H2,19,23,29)(H2,20,21,26). The topological polar surface area (TPSA) is 148 Å². The molecule has 0 radical (unpaired) electrons. The van der Waals surface area contributed by atoms with Crippen LogP contribution in [0.4, 0.5) is 5.69 Å². The van der Waals surface area contributed by atoms with Crippen molar-refractivity contribution in [2.24, 2.45) is 0 Å². The van der Waals surface area contributed by atoms with Crippen molar-refractivity contribution in [2.45, 2.75) is 24.8 Å². The van der Waals surface area contributed by atoms with E-state index in [-0.39, 0.29) is 27.3 Å². The van der Waals surface area contributed by atoms with Gasteiger partial charge in [0.1, 0.15) is 0 Å². The summed E-state index contributed by atoms with van der Waals surface area (Å²) in [5.74, 6) is -0.577. The maximum absolute atomic E-state index is 12.8. The number of amides is 1. The number of nitrogens with one attached hydrogen (secondary N) is 6. The summed E-state index contributed by atoms with van der Waals surface area (Å²) in [6.45, 7) is 3.78. The van der Waals surface area contributed by atoms with Crippen molar-refractivity contribution >= 4 is 50.0 Å². The van der Waals surface area contributed by atoms with Crippen molar-refractivity contribution in [2.75, 3.05) is 4.72 Å². The average molecular weight is 449 g/mol. The minimum Gasteiger partial charge on any atom is -0.359 e. The predicted octanol–water partition coefficient (Wildman–Crippen LogP) is 1.17. The molecule has 30 heavy (non-hydrogen) atoms. The van der Waals surface area contributed by atoms with Crippen LogP contribution in [0.5, 0.6) is 0 Å². The summed E-state index contributed by atoms with van der Waals surface area (Å²) in [7, 11) is -4.02. The van der Waals surface area contributed by atoms with E-state index in [0.717, 1.165) is 0 Å². The summed E-state index contributed by atoms with van der Waals surface area (Å²) < 4.78 is 28.1. The van der Waals surface area contributed by atoms with Gasteiger partial charge in [-0.15, -0.1) is 0 Å². The van der Waals surface area contributed by atoms with E-state index in [9.17, 15) is 18.0 Å². The molecule has 1 aromatic heterocycles. The predicted molar refractivity (Wildman–Crippen MR) is 118 cm³/mol. The molecule has 0 spiro atoms. The van der Waals surface area contributed by atoms with Crippen molar-refractivity contribution in [1.82, 2.24) is 26.1 Å². The van der Waals surface area contributed by atoms with Crippen LogP contribution in [0.15, 0.2) is 52.2 Å². The lowest BCUT2D eigenvalue weighted by atomic mass is 10.2. The number of hydrazine groups is 1. The lowest BCUT2D eigenvalue weighted by molar-refractivity contribution is 0.0944. The van der Waals surface area contributed by atoms with Gasteiger partial charge in [-0.25, -0.2) is 13.2 Å². The van der Waals surface area contributed by atoms with Crippen LogP contribution in [0.2, 0.25) is 0 Å². The van der Waals surface area contributed by atoms with Crippen LogP contribution < -0.4 is 26.6 Å². The highest BCUT2D eigenvalue weighted by molar-refractivity contribution is 7.92. The van der Waals surface area contributed by atoms with Crippen LogP contribution in [0.25, 0.3) is 11.0 Å². The third kappa shape index (κ3) is 4.96. The van der Waals surface area contributed by atoms with Gasteiger partial charge in [-0.3, -0.25) is 20.4 Å². The Morgan fingerprint density at radius 1 is 1.03 bits per heavy atom. The maximum atomic E-state index is 12.8. The lowest BCUT2D eigenvalue weighted by Crippen LogP contribution is -2.48. The second-order valence-electron chi connectivity index (χ2n) is 6.64. The SMILES string of the molecule is CC(C)NC(=S)NNC(=O)c1ccccc1NS(=O)(=O)c1ccc2[nH]c(=O)[nH]c2c1. The highest BCUT2D eigenvalue weighted by atomic mass is 32.2. The van der Waals surface area contributed by atoms with Crippen LogP contribution in [-0.2, 0) is 10.0 Å². The molecule has 3 aromatic rings. The number of H-pyrrole nitrogens is 2. The molecule has 0 aliphatic carbocycles. The fraction of sp³-hybridized carbons (Fsp3) is 0.167. The molecular weight excluding hydrogens is 428 g/mol. The molecule has 0 bridgehead atoms. The molecule has 0 unspecified atom stereocenters. The Labute approximate surface area is 177 Å². The van der Waals surface area contributed by atoms with Gasteiger partial charge in [0.05, 0.1) is 27.2 Å². The van der Waals surface area contributed by atoms with Gasteiger partial charge in [0.15, 0.2) is 5.11 Å². The zero-order valence-electron chi connectivity index (χ0n) is 16.1. The number of benzene rings is 2. The molecule has 0 aliphatic heterocycles. The maximum Gasteiger partial charge on any atom is 0.323 e. The molecule has 1 amide bonds. The summed E-state index contributed by atoms with van der Waals surface area (Å²) in [5, 5.41) is 3.13. The molecule has 158 valence electrons. The van der Waals surface area contributed by atoms with Crippen LogP contribution in [0.1, 0.15) is 24.2 Å². The van der Waals surface area contributed by atoms with Gasteiger partial charge in [-0.1, -0.05) is 12.1 Å². The number of hydrogen-bond acceptors (Lipinski definition) is 5. The van der Waals surface area contributed by atoms with Crippen molar-refractivity contribution in [3.05, 3.63) is 58.5 Å². The van der Waals surface area contributed by atoms with Crippen LogP contribution >= 0.6 is 12.2 Å². The molecule has 6 N–H and O–H groups in total. The van der Waals surface area contributed by atoms with Crippen LogP contribution in [0, 0.1) is 0 Å². The fourth-order valence-electron chi connectivity index (χ4n) is 2.63. The minimum absolute atomic E-state index is 0.0686. The monoisotopic (exact) mass is 448 g/mol. The number of carbonyl (C=O) groups is 1. The third-order valence-corrected chi connectivity index (χ3v) is 5.51. The largest absolute Gasteiger partial charge is 0.359 e. The summed E-state index contributed by atoms with van der Waals surface area (Å²) in [6, 6.07) is 10.4. The molecule has 0 saturated heterocycles. The number of aromatic nitrogens is 2. The highest BCUT2D eigenvalue weighted by Crippen LogP contribution is 2.21. The molecule has 0 saturated carbocycles. The number of rotatable bonds is 5. The molecule has 10 nitrogen and oxygen atoms in total. The molecule has 0 aliphatic rings. The van der Waals surface area contributed by atoms with E-state index in [0.29, 0.717) is 11.0 Å². The Morgan fingerprint density at radius 2 is 1.73 bits per heavy atom. The molecule has 0 atom stereocenters. The smallest absolute Gasteiger partial charge is 0.323 e. The summed E-state index contributed by atoms with van der Waals surface area (Å²) >= 11 is 5.05. The first-order valence-corrected chi connectivity index (χ1v) is 10.8. The Kier molecular flexibility index (Phi) is 6.08. The molecule has 0 fully saturated rings. The van der Waals surface area contributed by atoms with E-state index in [4.69, 9.17) is 12.2 Å². The van der Waals surface area contributed by atoms with Crippen molar-refractivity contribution in [3.8, 4) is 0 Å². The number of thiocarbonyl (C=S) groups is 1. The van der Waals surface area contributed by atoms with Crippen molar-refractivity contribution in [3.63, 3.8) is 0 Å². The Bertz CT molecular complexity index is 1260. The third-order valence-electron chi connectivity index (χ3n) is 3.92. The number of fused-ring (bicyclic) bond motifs is 1. The molecule has 2 aromatic carbocycles. The van der Waals surface area contributed by atoms with Gasteiger partial charge in [0.2, 0.25) is 0 Å². The van der Waals surface area contributed by atoms with Gasteiger partial charge < -0.3 is 15.3 Å². The Balaban J connectivity index is 1.81. The summed E-state index contributed by atoms with van der Waals surface area (Å²) in [5.41, 5.74) is 5.56. The fourth-order valence-corrected chi connectivity index (χ4v) is 4.02. The molecule has 1 heterocycles. The van der Waals surface area contributed by atoms with E-state index < -0.39 is 21.6 Å². The number of aromatic amines is 2. The summed E-state index contributed by atoms with van der Waals surface area (Å²) in [6.07, 6.45) is 0. The first kappa shape index (κ1) is 21.3. The zero-order valence-corrected chi connectivity index (χ0v) is 17.7. The number of anilines is 1. The Morgan fingerprint density at radius 3 is 2.47 bits per heavy atom. The first-order valence-electron chi connectivity index (χ1n) is 8.86. The van der Waals surface area contributed by atoms with Crippen molar-refractivity contribution in [1.29, 1.82) is 0 Å². The van der Waals surface area contributed by atoms with E-state index in [2.05, 4.69) is 30.9 Å². The van der Waals surface area contributed by atoms with Gasteiger partial charge >= 0.3 is 5.69 Å². The molecule has 3 rings (SSSR count). The van der Waals surface area contributed by atoms with Crippen molar-refractivity contribution < 1.29 is 13.2 Å². The average Bonchev–Trinajstić information content (AvgIpc) is 3.05. The quantitative estimate of drug-likeness (QED) is 0.254. The van der Waals surface area contributed by atoms with Gasteiger partial charge in [-0.2, -0.15) is 0 Å². The van der Waals surface area contributed by atoms with Gasteiger partial charge in [0, 0.05) is 6.04 Å². The van der Waals surface area contributed by atoms with Crippen LogP contribution in [-0.4, -0.2) is 35.4 Å². The highest BCUT2D eigenvalue weighted by Gasteiger charge is 2.19. The second kappa shape index (κ2) is 8.55. The number of sulfonamides is 1. The number of hydrogen-bond donors (Lipinski definition) is 6. The zero-order chi connectivity index (χ0) is 21.9. The van der Waals surface area contributed by atoms with E-state index in [1.807, 2.05) is 13.8 Å². The molecule has 12 heteroatoms. The van der Waals surface area contributed by atoms with E-state index in [1.54, 1.807) is 12.1 Å². The van der Waals surface area contributed by atoms with Gasteiger partial charge in [0.25, 0.3) is 15.9 Å². The van der Waals surface area contributed by atoms with E-state index >= 15 is 0 Å². The second-order valence-corrected chi connectivity index (χ2v) is 8.74. The lowest BCUT2D eigenvalue weighted by Gasteiger charge is -2.15. The van der Waals surface area contributed by atoms with Crippen LogP contribution in [0.3, 0.4) is 0 Å². The number of carbonyl (C=O) groups excluding carboxylic acids is 1. The first-order chi connectivity index (χ1) is 14.2. The summed E-state index contributed by atoms with van der Waals surface area (Å²) in [4.78, 5) is 28.9. The number of para-hydroxylation sites is 1. The molecular formula is C18H20N6O4S2. The normalized spacial score (nSPS) is 11.3. The van der Waals surface area contributed by atoms with E-state index in [1.165, 1.54) is 30.3 Å². The Hall–Kier alpha value is -3.38. The number of imidazole rings is 1.